The van der Waals surface area contributed by atoms with Crippen LogP contribution in [0.1, 0.15) is 65.7 Å². The normalized spacial score (nSPS) is 40.1. The molecule has 0 unspecified atom stereocenters. The number of methoxy groups -OCH3 is 1. The van der Waals surface area contributed by atoms with E-state index in [2.05, 4.69) is 31.7 Å². The van der Waals surface area contributed by atoms with Gasteiger partial charge in [0.2, 0.25) is 0 Å². The van der Waals surface area contributed by atoms with Gasteiger partial charge in [0.15, 0.2) is 0 Å². The van der Waals surface area contributed by atoms with Crippen molar-refractivity contribution in [2.75, 3.05) is 46.4 Å². The molecule has 4 saturated heterocycles. The first-order valence-electron chi connectivity index (χ1n) is 13.5. The molecule has 0 N–H and O–H groups in total. The van der Waals surface area contributed by atoms with Crippen LogP contribution in [0.4, 0.5) is 4.79 Å². The van der Waals surface area contributed by atoms with Gasteiger partial charge in [0.1, 0.15) is 23.4 Å². The van der Waals surface area contributed by atoms with Gasteiger partial charge in [-0.05, 0) is 84.8 Å². The molecule has 192 valence electrons. The number of epoxide rings is 2. The Hall–Kier alpha value is -1.15. The summed E-state index contributed by atoms with van der Waals surface area (Å²) in [6, 6.07) is 0. The predicted octanol–water partition coefficient (Wildman–Crippen LogP) is 4.01. The van der Waals surface area contributed by atoms with Crippen LogP contribution in [-0.2, 0) is 18.9 Å². The summed E-state index contributed by atoms with van der Waals surface area (Å²) >= 11 is 0. The third-order valence-corrected chi connectivity index (χ3v) is 9.01. The summed E-state index contributed by atoms with van der Waals surface area (Å²) in [7, 11) is 1.73. The number of allylic oxidation sites excluding steroid dienone is 1. The summed E-state index contributed by atoms with van der Waals surface area (Å²) in [6.07, 6.45) is 9.54. The molecule has 5 rings (SSSR count). The third kappa shape index (κ3) is 4.91. The molecule has 0 radical (unpaired) electrons. The Morgan fingerprint density at radius 3 is 2.56 bits per heavy atom. The fourth-order valence-electron chi connectivity index (χ4n) is 6.72. The fraction of sp³-hybridized carbons (Fsp3) is 0.889. The van der Waals surface area contributed by atoms with Crippen molar-refractivity contribution in [3.63, 3.8) is 0 Å². The third-order valence-electron chi connectivity index (χ3n) is 9.01. The van der Waals surface area contributed by atoms with Gasteiger partial charge in [-0.25, -0.2) is 4.79 Å². The van der Waals surface area contributed by atoms with Crippen molar-refractivity contribution in [1.29, 1.82) is 0 Å². The minimum absolute atomic E-state index is 0.0702. The van der Waals surface area contributed by atoms with Crippen LogP contribution >= 0.6 is 0 Å². The quantitative estimate of drug-likeness (QED) is 0.390. The molecule has 0 bridgehead atoms. The van der Waals surface area contributed by atoms with Gasteiger partial charge >= 0.3 is 6.09 Å². The molecule has 4 heterocycles. The highest BCUT2D eigenvalue weighted by molar-refractivity contribution is 5.69. The number of hydrogen-bond acceptors (Lipinski definition) is 6. The standard InChI is InChI=1S/C27H44N2O5/c1-19(2)8-9-22-26(3,34-22)24-23(31-4)21(10-12-27(24)18-32-27)33-25(30)29-16-20(17-29)11-15-28-13-6-5-7-14-28/h8,20-24H,5-7,9-18H2,1-4H3/t21-,22-,23-,24-,26+,27+/m1/s1. The second kappa shape index (κ2) is 9.72. The Morgan fingerprint density at radius 2 is 1.91 bits per heavy atom. The van der Waals surface area contributed by atoms with E-state index in [0.29, 0.717) is 5.92 Å². The lowest BCUT2D eigenvalue weighted by atomic mass is 9.68. The fourth-order valence-corrected chi connectivity index (χ4v) is 6.72. The molecular formula is C27H44N2O5. The zero-order valence-corrected chi connectivity index (χ0v) is 21.6. The first-order valence-corrected chi connectivity index (χ1v) is 13.5. The van der Waals surface area contributed by atoms with Crippen molar-refractivity contribution in [3.8, 4) is 0 Å². The number of carbonyl (C=O) groups excluding carboxylic acids is 1. The van der Waals surface area contributed by atoms with Gasteiger partial charge in [-0.15, -0.1) is 0 Å². The smallest absolute Gasteiger partial charge is 0.410 e. The monoisotopic (exact) mass is 476 g/mol. The number of ether oxygens (including phenoxy) is 4. The highest BCUT2D eigenvalue weighted by atomic mass is 16.6. The van der Waals surface area contributed by atoms with Crippen LogP contribution in [-0.4, -0.2) is 91.8 Å². The topological polar surface area (TPSA) is 67.1 Å². The van der Waals surface area contributed by atoms with Crippen LogP contribution in [0.15, 0.2) is 11.6 Å². The molecule has 1 aliphatic carbocycles. The van der Waals surface area contributed by atoms with Gasteiger partial charge in [-0.3, -0.25) is 0 Å². The second-order valence-electron chi connectivity index (χ2n) is 11.8. The molecular weight excluding hydrogens is 432 g/mol. The van der Waals surface area contributed by atoms with Crippen LogP contribution in [0.25, 0.3) is 0 Å². The number of rotatable bonds is 8. The van der Waals surface area contributed by atoms with Crippen molar-refractivity contribution < 1.29 is 23.7 Å². The van der Waals surface area contributed by atoms with E-state index in [0.717, 1.165) is 45.5 Å². The summed E-state index contributed by atoms with van der Waals surface area (Å²) in [5.41, 5.74) is 0.816. The number of piperidine rings is 1. The zero-order chi connectivity index (χ0) is 23.9. The summed E-state index contributed by atoms with van der Waals surface area (Å²) < 4.78 is 24.4. The van der Waals surface area contributed by atoms with Crippen LogP contribution in [0.5, 0.6) is 0 Å². The molecule has 5 aliphatic rings. The van der Waals surface area contributed by atoms with Crippen molar-refractivity contribution >= 4 is 6.09 Å². The number of likely N-dealkylation sites (tertiary alicyclic amines) is 2. The van der Waals surface area contributed by atoms with Crippen molar-refractivity contribution in [1.82, 2.24) is 9.80 Å². The Balaban J connectivity index is 1.14. The average Bonchev–Trinajstić information content (AvgIpc) is 3.70. The lowest BCUT2D eigenvalue weighted by Crippen LogP contribution is -2.57. The Bertz CT molecular complexity index is 767. The molecule has 1 saturated carbocycles. The molecule has 4 aliphatic heterocycles. The minimum atomic E-state index is -0.301. The van der Waals surface area contributed by atoms with E-state index in [-0.39, 0.29) is 41.5 Å². The number of nitrogens with zero attached hydrogens (tertiary/aromatic N) is 2. The number of hydrogen-bond donors (Lipinski definition) is 0. The van der Waals surface area contributed by atoms with Gasteiger partial charge < -0.3 is 28.7 Å². The summed E-state index contributed by atoms with van der Waals surface area (Å²) in [5.74, 6) is 0.672. The highest BCUT2D eigenvalue weighted by Crippen LogP contribution is 2.59. The minimum Gasteiger partial charge on any atom is -0.443 e. The Kier molecular flexibility index (Phi) is 7.01. The first kappa shape index (κ1) is 24.5. The molecule has 34 heavy (non-hydrogen) atoms. The molecule has 6 atom stereocenters. The Morgan fingerprint density at radius 1 is 1.18 bits per heavy atom. The number of carbonyl (C=O) groups is 1. The van der Waals surface area contributed by atoms with E-state index >= 15 is 0 Å². The van der Waals surface area contributed by atoms with Crippen molar-refractivity contribution in [2.24, 2.45) is 11.8 Å². The van der Waals surface area contributed by atoms with E-state index in [1.807, 2.05) is 4.90 Å². The molecule has 0 aromatic carbocycles. The summed E-state index contributed by atoms with van der Waals surface area (Å²) in [5, 5.41) is 0. The van der Waals surface area contributed by atoms with Crippen molar-refractivity contribution in [2.45, 2.75) is 95.2 Å². The molecule has 0 aromatic rings. The second-order valence-corrected chi connectivity index (χ2v) is 11.8. The summed E-state index contributed by atoms with van der Waals surface area (Å²) in [4.78, 5) is 17.4. The summed E-state index contributed by atoms with van der Waals surface area (Å²) in [6.45, 7) is 12.4. The van der Waals surface area contributed by atoms with E-state index in [9.17, 15) is 4.79 Å². The molecule has 1 amide bonds. The lowest BCUT2D eigenvalue weighted by Gasteiger charge is -2.44. The highest BCUT2D eigenvalue weighted by Gasteiger charge is 2.72. The van der Waals surface area contributed by atoms with Crippen LogP contribution < -0.4 is 0 Å². The maximum absolute atomic E-state index is 13.0. The average molecular weight is 477 g/mol. The van der Waals surface area contributed by atoms with E-state index in [1.54, 1.807) is 7.11 Å². The van der Waals surface area contributed by atoms with Gasteiger partial charge in [-0.2, -0.15) is 0 Å². The van der Waals surface area contributed by atoms with Crippen molar-refractivity contribution in [3.05, 3.63) is 11.6 Å². The predicted molar refractivity (Wildman–Crippen MR) is 130 cm³/mol. The SMILES string of the molecule is CO[C@@H]1[C@H](OC(=O)N2CC(CCN3CCCCC3)C2)CC[C@]2(CO2)[C@H]1[C@@]1(C)O[C@@H]1CC=C(C)C. The van der Waals surface area contributed by atoms with Gasteiger partial charge in [0.05, 0.1) is 18.6 Å². The van der Waals surface area contributed by atoms with E-state index in [4.69, 9.17) is 18.9 Å². The maximum Gasteiger partial charge on any atom is 0.410 e. The van der Waals surface area contributed by atoms with E-state index < -0.39 is 0 Å². The van der Waals surface area contributed by atoms with Gasteiger partial charge in [-0.1, -0.05) is 18.1 Å². The van der Waals surface area contributed by atoms with Crippen LogP contribution in [0, 0.1) is 11.8 Å². The van der Waals surface area contributed by atoms with Crippen LogP contribution in [0.2, 0.25) is 0 Å². The molecule has 5 fully saturated rings. The Labute approximate surface area is 205 Å². The van der Waals surface area contributed by atoms with Gasteiger partial charge in [0, 0.05) is 20.2 Å². The van der Waals surface area contributed by atoms with Crippen LogP contribution in [0.3, 0.4) is 0 Å². The van der Waals surface area contributed by atoms with E-state index in [1.165, 1.54) is 44.3 Å². The first-order chi connectivity index (χ1) is 16.3. The molecule has 0 aromatic heterocycles. The van der Waals surface area contributed by atoms with Gasteiger partial charge in [0.25, 0.3) is 0 Å². The zero-order valence-electron chi connectivity index (χ0n) is 21.6. The lowest BCUT2D eigenvalue weighted by molar-refractivity contribution is -0.124. The number of amides is 1. The molecule has 7 nitrogen and oxygen atoms in total. The largest absolute Gasteiger partial charge is 0.443 e. The molecule has 7 heteroatoms. The maximum atomic E-state index is 13.0. The molecule has 1 spiro atoms.